The third-order valence-corrected chi connectivity index (χ3v) is 3.56. The van der Waals surface area contributed by atoms with E-state index in [-0.39, 0.29) is 16.6 Å². The van der Waals surface area contributed by atoms with E-state index in [1.807, 2.05) is 13.8 Å². The van der Waals surface area contributed by atoms with Crippen LogP contribution in [0, 0.1) is 0 Å². The average molecular weight is 255 g/mol. The molecule has 0 amide bonds. The molecule has 7 nitrogen and oxygen atoms in total. The van der Waals surface area contributed by atoms with Crippen molar-refractivity contribution in [3.8, 4) is 0 Å². The predicted octanol–water partition coefficient (Wildman–Crippen LogP) is 1.06. The van der Waals surface area contributed by atoms with Crippen LogP contribution in [-0.4, -0.2) is 28.8 Å². The largest absolute Gasteiger partial charge is 0.284 e. The number of hydrogen-bond acceptors (Lipinski definition) is 4. The zero-order valence-corrected chi connectivity index (χ0v) is 10.2. The van der Waals surface area contributed by atoms with E-state index < -0.39 is 10.0 Å². The molecule has 0 spiro atoms. The van der Waals surface area contributed by atoms with Gasteiger partial charge in [-0.15, -0.1) is 0 Å². The third kappa shape index (κ3) is 2.47. The Hall–Kier alpha value is -1.83. The third-order valence-electron chi connectivity index (χ3n) is 2.24. The summed E-state index contributed by atoms with van der Waals surface area (Å²) in [4.78, 5) is 0.0756. The fourth-order valence-electron chi connectivity index (χ4n) is 1.27. The standard InChI is InChI=1S/C9H13N5O2S/c1-6(2)8-3-9(13-12-8)14-17(15,16)7-4-10-11-5-7/h3-6H,1-2H3,(H,10,11)(H2,12,13,14). The first-order chi connectivity index (χ1) is 7.99. The van der Waals surface area contributed by atoms with Gasteiger partial charge in [0.25, 0.3) is 10.0 Å². The summed E-state index contributed by atoms with van der Waals surface area (Å²) in [7, 11) is -3.61. The van der Waals surface area contributed by atoms with Crippen LogP contribution in [0.15, 0.2) is 23.4 Å². The van der Waals surface area contributed by atoms with E-state index >= 15 is 0 Å². The summed E-state index contributed by atoms with van der Waals surface area (Å²) < 4.78 is 26.0. The molecule has 0 saturated carbocycles. The Bertz CT molecular complexity index is 585. The molecule has 0 atom stereocenters. The van der Waals surface area contributed by atoms with E-state index in [1.165, 1.54) is 12.4 Å². The molecule has 0 unspecified atom stereocenters. The van der Waals surface area contributed by atoms with Crippen LogP contribution >= 0.6 is 0 Å². The molecule has 92 valence electrons. The number of hydrogen-bond donors (Lipinski definition) is 3. The van der Waals surface area contributed by atoms with Crippen LogP contribution in [0.25, 0.3) is 0 Å². The number of nitrogens with one attached hydrogen (secondary N) is 3. The average Bonchev–Trinajstić information content (AvgIpc) is 2.85. The van der Waals surface area contributed by atoms with Gasteiger partial charge in [0.05, 0.1) is 6.20 Å². The fourth-order valence-corrected chi connectivity index (χ4v) is 2.16. The van der Waals surface area contributed by atoms with Crippen molar-refractivity contribution in [1.29, 1.82) is 0 Å². The zero-order chi connectivity index (χ0) is 12.5. The Labute approximate surface area is 98.7 Å². The molecular weight excluding hydrogens is 242 g/mol. The Morgan fingerprint density at radius 1 is 1.41 bits per heavy atom. The number of aromatic nitrogens is 4. The van der Waals surface area contributed by atoms with Crippen molar-refractivity contribution in [2.24, 2.45) is 0 Å². The maximum absolute atomic E-state index is 11.8. The van der Waals surface area contributed by atoms with Crippen molar-refractivity contribution in [3.63, 3.8) is 0 Å². The van der Waals surface area contributed by atoms with Crippen molar-refractivity contribution in [1.82, 2.24) is 20.4 Å². The maximum Gasteiger partial charge on any atom is 0.266 e. The molecule has 3 N–H and O–H groups in total. The molecule has 0 aromatic carbocycles. The second-order valence-corrected chi connectivity index (χ2v) is 5.59. The van der Waals surface area contributed by atoms with Gasteiger partial charge in [-0.3, -0.25) is 14.9 Å². The Balaban J connectivity index is 2.21. The zero-order valence-electron chi connectivity index (χ0n) is 9.43. The fraction of sp³-hybridized carbons (Fsp3) is 0.333. The topological polar surface area (TPSA) is 104 Å². The van der Waals surface area contributed by atoms with E-state index in [2.05, 4.69) is 25.1 Å². The van der Waals surface area contributed by atoms with E-state index in [4.69, 9.17) is 0 Å². The van der Waals surface area contributed by atoms with E-state index in [0.29, 0.717) is 0 Å². The van der Waals surface area contributed by atoms with Gasteiger partial charge in [-0.1, -0.05) is 13.8 Å². The molecule has 0 aliphatic rings. The van der Waals surface area contributed by atoms with E-state index in [1.54, 1.807) is 6.07 Å². The van der Waals surface area contributed by atoms with Crippen LogP contribution in [0.2, 0.25) is 0 Å². The lowest BCUT2D eigenvalue weighted by Gasteiger charge is -2.01. The molecule has 8 heteroatoms. The van der Waals surface area contributed by atoms with Gasteiger partial charge < -0.3 is 0 Å². The first-order valence-electron chi connectivity index (χ1n) is 5.06. The minimum Gasteiger partial charge on any atom is -0.284 e. The molecule has 2 aromatic heterocycles. The van der Waals surface area contributed by atoms with Gasteiger partial charge in [0, 0.05) is 18.0 Å². The van der Waals surface area contributed by atoms with Gasteiger partial charge in [-0.25, -0.2) is 8.42 Å². The summed E-state index contributed by atoms with van der Waals surface area (Å²) in [5.41, 5.74) is 0.870. The molecule has 0 fully saturated rings. The molecule has 2 aromatic rings. The highest BCUT2D eigenvalue weighted by atomic mass is 32.2. The lowest BCUT2D eigenvalue weighted by molar-refractivity contribution is 0.601. The van der Waals surface area contributed by atoms with Crippen LogP contribution in [0.3, 0.4) is 0 Å². The van der Waals surface area contributed by atoms with Crippen molar-refractivity contribution >= 4 is 15.8 Å². The molecular formula is C9H13N5O2S. The normalized spacial score (nSPS) is 11.9. The SMILES string of the molecule is CC(C)c1cc(NS(=O)(=O)c2cn[nH]c2)n[nH]1. The Morgan fingerprint density at radius 3 is 2.71 bits per heavy atom. The highest BCUT2D eigenvalue weighted by Gasteiger charge is 2.17. The lowest BCUT2D eigenvalue weighted by atomic mass is 10.1. The number of sulfonamides is 1. The van der Waals surface area contributed by atoms with Gasteiger partial charge in [0.15, 0.2) is 5.82 Å². The number of H-pyrrole nitrogens is 2. The molecule has 0 radical (unpaired) electrons. The highest BCUT2D eigenvalue weighted by Crippen LogP contribution is 2.17. The minimum atomic E-state index is -3.61. The van der Waals surface area contributed by atoms with Gasteiger partial charge >= 0.3 is 0 Å². The number of nitrogens with zero attached hydrogens (tertiary/aromatic N) is 2. The summed E-state index contributed by atoms with van der Waals surface area (Å²) >= 11 is 0. The van der Waals surface area contributed by atoms with Crippen LogP contribution in [-0.2, 0) is 10.0 Å². The lowest BCUT2D eigenvalue weighted by Crippen LogP contribution is -2.12. The molecule has 0 bridgehead atoms. The van der Waals surface area contributed by atoms with Gasteiger partial charge in [0.2, 0.25) is 0 Å². The molecule has 2 rings (SSSR count). The number of aromatic amines is 2. The number of anilines is 1. The Morgan fingerprint density at radius 2 is 2.18 bits per heavy atom. The van der Waals surface area contributed by atoms with Crippen LogP contribution in [0.5, 0.6) is 0 Å². The van der Waals surface area contributed by atoms with Gasteiger partial charge in [0.1, 0.15) is 4.90 Å². The van der Waals surface area contributed by atoms with Gasteiger partial charge in [-0.05, 0) is 5.92 Å². The molecule has 17 heavy (non-hydrogen) atoms. The maximum atomic E-state index is 11.8. The van der Waals surface area contributed by atoms with Crippen molar-refractivity contribution < 1.29 is 8.42 Å². The first kappa shape index (κ1) is 11.6. The summed E-state index contributed by atoms with van der Waals surface area (Å²) in [6, 6.07) is 1.67. The van der Waals surface area contributed by atoms with E-state index in [9.17, 15) is 8.42 Å². The minimum absolute atomic E-state index is 0.0756. The van der Waals surface area contributed by atoms with Crippen molar-refractivity contribution in [3.05, 3.63) is 24.2 Å². The smallest absolute Gasteiger partial charge is 0.266 e. The van der Waals surface area contributed by atoms with Crippen molar-refractivity contribution in [2.45, 2.75) is 24.7 Å². The van der Waals surface area contributed by atoms with Crippen LogP contribution in [0.4, 0.5) is 5.82 Å². The summed E-state index contributed by atoms with van der Waals surface area (Å²) in [6.45, 7) is 3.98. The molecule has 2 heterocycles. The van der Waals surface area contributed by atoms with Crippen molar-refractivity contribution in [2.75, 3.05) is 4.72 Å². The van der Waals surface area contributed by atoms with Crippen LogP contribution in [0.1, 0.15) is 25.5 Å². The summed E-state index contributed by atoms with van der Waals surface area (Å²) in [5.74, 6) is 0.532. The molecule has 0 aliphatic heterocycles. The van der Waals surface area contributed by atoms with E-state index in [0.717, 1.165) is 5.69 Å². The van der Waals surface area contributed by atoms with Crippen LogP contribution < -0.4 is 4.72 Å². The molecule has 0 saturated heterocycles. The Kier molecular flexibility index (Phi) is 2.88. The molecule has 0 aliphatic carbocycles. The highest BCUT2D eigenvalue weighted by molar-refractivity contribution is 7.92. The van der Waals surface area contributed by atoms with Gasteiger partial charge in [-0.2, -0.15) is 10.2 Å². The number of rotatable bonds is 4. The second-order valence-electron chi connectivity index (χ2n) is 3.90. The second kappa shape index (κ2) is 4.21. The predicted molar refractivity (Wildman–Crippen MR) is 62.1 cm³/mol. The summed E-state index contributed by atoms with van der Waals surface area (Å²) in [6.07, 6.45) is 2.54. The first-order valence-corrected chi connectivity index (χ1v) is 6.54. The monoisotopic (exact) mass is 255 g/mol. The quantitative estimate of drug-likeness (QED) is 0.759. The summed E-state index contributed by atoms with van der Waals surface area (Å²) in [5, 5.41) is 12.7.